The zero-order valence-corrected chi connectivity index (χ0v) is 17.5. The van der Waals surface area contributed by atoms with Gasteiger partial charge in [-0.1, -0.05) is 30.3 Å². The molecule has 0 aliphatic heterocycles. The summed E-state index contributed by atoms with van der Waals surface area (Å²) in [6.45, 7) is 1.89. The number of aromatic carboxylic acids is 1. The number of para-hydroxylation sites is 1. The number of rotatable bonds is 5. The Morgan fingerprint density at radius 1 is 0.935 bits per heavy atom. The summed E-state index contributed by atoms with van der Waals surface area (Å²) in [7, 11) is 3.38. The van der Waals surface area contributed by atoms with E-state index in [0.717, 1.165) is 16.5 Å². The normalized spacial score (nSPS) is 10.8. The van der Waals surface area contributed by atoms with Gasteiger partial charge in [0.25, 0.3) is 5.91 Å². The van der Waals surface area contributed by atoms with Gasteiger partial charge < -0.3 is 19.7 Å². The lowest BCUT2D eigenvalue weighted by atomic mass is 9.99. The van der Waals surface area contributed by atoms with Gasteiger partial charge in [0, 0.05) is 36.2 Å². The van der Waals surface area contributed by atoms with Gasteiger partial charge in [0.2, 0.25) is 0 Å². The molecule has 0 unspecified atom stereocenters. The fourth-order valence-electron chi connectivity index (χ4n) is 3.61. The Bertz CT molecular complexity index is 1270. The van der Waals surface area contributed by atoms with E-state index < -0.39 is 5.97 Å². The second-order valence-corrected chi connectivity index (χ2v) is 7.48. The number of carbonyl (C=O) groups excluding carboxylic acids is 1. The minimum absolute atomic E-state index is 0.0987. The molecule has 0 saturated carbocycles. The van der Waals surface area contributed by atoms with Crippen LogP contribution < -0.4 is 4.74 Å². The molecule has 0 saturated heterocycles. The Balaban J connectivity index is 1.82. The Morgan fingerprint density at radius 2 is 1.61 bits per heavy atom. The van der Waals surface area contributed by atoms with Gasteiger partial charge in [-0.15, -0.1) is 0 Å². The van der Waals surface area contributed by atoms with Gasteiger partial charge in [-0.05, 0) is 48.9 Å². The topological polar surface area (TPSA) is 82.6 Å². The first kappa shape index (κ1) is 20.2. The van der Waals surface area contributed by atoms with Crippen LogP contribution >= 0.6 is 0 Å². The van der Waals surface area contributed by atoms with Gasteiger partial charge in [-0.25, -0.2) is 4.79 Å². The number of carboxylic acid groups (broad SMARTS) is 1. The molecule has 6 heteroatoms. The van der Waals surface area contributed by atoms with Crippen LogP contribution in [0.15, 0.2) is 66.7 Å². The molecular weight excluding hydrogens is 392 g/mol. The number of nitrogens with one attached hydrogen (secondary N) is 1. The first-order chi connectivity index (χ1) is 14.9. The van der Waals surface area contributed by atoms with Gasteiger partial charge in [-0.2, -0.15) is 0 Å². The van der Waals surface area contributed by atoms with E-state index in [0.29, 0.717) is 28.1 Å². The number of amides is 1. The summed E-state index contributed by atoms with van der Waals surface area (Å²) in [5.74, 6) is 0.193. The first-order valence-corrected chi connectivity index (χ1v) is 9.80. The van der Waals surface area contributed by atoms with E-state index in [1.807, 2.05) is 49.4 Å². The third kappa shape index (κ3) is 3.75. The van der Waals surface area contributed by atoms with E-state index in [-0.39, 0.29) is 11.6 Å². The van der Waals surface area contributed by atoms with Crippen LogP contribution in [0.2, 0.25) is 0 Å². The third-order valence-electron chi connectivity index (χ3n) is 5.20. The maximum absolute atomic E-state index is 12.2. The number of aryl methyl sites for hydroxylation is 1. The lowest BCUT2D eigenvalue weighted by Crippen LogP contribution is -2.21. The third-order valence-corrected chi connectivity index (χ3v) is 5.20. The van der Waals surface area contributed by atoms with Crippen LogP contribution in [0.1, 0.15) is 26.4 Å². The highest BCUT2D eigenvalue weighted by molar-refractivity contribution is 6.09. The Morgan fingerprint density at radius 3 is 2.23 bits per heavy atom. The zero-order chi connectivity index (χ0) is 22.1. The van der Waals surface area contributed by atoms with E-state index in [2.05, 4.69) is 4.98 Å². The predicted octanol–water partition coefficient (Wildman–Crippen LogP) is 5.34. The molecule has 0 aliphatic carbocycles. The molecule has 6 nitrogen and oxygen atoms in total. The largest absolute Gasteiger partial charge is 0.477 e. The fraction of sp³-hybridized carbons (Fsp3) is 0.120. The smallest absolute Gasteiger partial charge is 0.352 e. The maximum Gasteiger partial charge on any atom is 0.352 e. The minimum atomic E-state index is -1.05. The number of ether oxygens (including phenoxy) is 1. The van der Waals surface area contributed by atoms with Crippen LogP contribution in [0.4, 0.5) is 0 Å². The molecule has 4 rings (SSSR count). The standard InChI is InChI=1S/C25H22N2O4/c1-15-20(31-18-7-5-4-6-8-18)14-13-19-21(23(25(29)30)26-22(15)19)16-9-11-17(12-10-16)24(28)27(2)3/h4-14,26H,1-3H3,(H,29,30). The van der Waals surface area contributed by atoms with Crippen LogP contribution in [0.25, 0.3) is 22.0 Å². The summed E-state index contributed by atoms with van der Waals surface area (Å²) in [6.07, 6.45) is 0. The Hall–Kier alpha value is -4.06. The summed E-state index contributed by atoms with van der Waals surface area (Å²) in [5, 5.41) is 10.6. The lowest BCUT2D eigenvalue weighted by molar-refractivity contribution is 0.0692. The molecule has 0 atom stereocenters. The minimum Gasteiger partial charge on any atom is -0.477 e. The number of nitrogens with zero attached hydrogens (tertiary/aromatic N) is 1. The van der Waals surface area contributed by atoms with Crippen molar-refractivity contribution in [2.45, 2.75) is 6.92 Å². The summed E-state index contributed by atoms with van der Waals surface area (Å²) in [4.78, 5) is 28.7. The monoisotopic (exact) mass is 414 g/mol. The molecule has 31 heavy (non-hydrogen) atoms. The average Bonchev–Trinajstić information content (AvgIpc) is 3.17. The molecule has 1 amide bonds. The summed E-state index contributed by atoms with van der Waals surface area (Å²) in [5.41, 5.74) is 3.46. The molecule has 0 fully saturated rings. The van der Waals surface area contributed by atoms with E-state index in [4.69, 9.17) is 4.74 Å². The number of aromatic nitrogens is 1. The van der Waals surface area contributed by atoms with Gasteiger partial charge >= 0.3 is 5.97 Å². The number of aromatic amines is 1. The molecular formula is C25H22N2O4. The van der Waals surface area contributed by atoms with E-state index >= 15 is 0 Å². The number of hydrogen-bond donors (Lipinski definition) is 2. The molecule has 0 radical (unpaired) electrons. The van der Waals surface area contributed by atoms with Crippen molar-refractivity contribution in [3.8, 4) is 22.6 Å². The van der Waals surface area contributed by atoms with Crippen molar-refractivity contribution >= 4 is 22.8 Å². The molecule has 2 N–H and O–H groups in total. The lowest BCUT2D eigenvalue weighted by Gasteiger charge is -2.11. The van der Waals surface area contributed by atoms with E-state index in [1.54, 1.807) is 38.4 Å². The van der Waals surface area contributed by atoms with Gasteiger partial charge in [0.15, 0.2) is 0 Å². The molecule has 4 aromatic rings. The second kappa shape index (κ2) is 7.99. The highest BCUT2D eigenvalue weighted by Crippen LogP contribution is 2.38. The fourth-order valence-corrected chi connectivity index (χ4v) is 3.61. The van der Waals surface area contributed by atoms with Crippen molar-refractivity contribution in [2.24, 2.45) is 0 Å². The molecule has 0 bridgehead atoms. The number of carboxylic acids is 1. The van der Waals surface area contributed by atoms with Crippen LogP contribution in [0.3, 0.4) is 0 Å². The SMILES string of the molecule is Cc1c(Oc2ccccc2)ccc2c(-c3ccc(C(=O)N(C)C)cc3)c(C(=O)O)[nH]c12. The van der Waals surface area contributed by atoms with Gasteiger partial charge in [0.05, 0.1) is 5.52 Å². The number of carbonyl (C=O) groups is 2. The van der Waals surface area contributed by atoms with Crippen LogP contribution in [0, 0.1) is 6.92 Å². The number of benzene rings is 3. The number of H-pyrrole nitrogens is 1. The zero-order valence-electron chi connectivity index (χ0n) is 17.5. The van der Waals surface area contributed by atoms with Crippen molar-refractivity contribution in [3.63, 3.8) is 0 Å². The van der Waals surface area contributed by atoms with Crippen molar-refractivity contribution < 1.29 is 19.4 Å². The second-order valence-electron chi connectivity index (χ2n) is 7.48. The van der Waals surface area contributed by atoms with Crippen LogP contribution in [-0.4, -0.2) is 41.0 Å². The van der Waals surface area contributed by atoms with Crippen molar-refractivity contribution in [1.29, 1.82) is 0 Å². The van der Waals surface area contributed by atoms with Crippen molar-refractivity contribution in [1.82, 2.24) is 9.88 Å². The van der Waals surface area contributed by atoms with Gasteiger partial charge in [0.1, 0.15) is 17.2 Å². The first-order valence-electron chi connectivity index (χ1n) is 9.80. The Labute approximate surface area is 179 Å². The van der Waals surface area contributed by atoms with Crippen LogP contribution in [0.5, 0.6) is 11.5 Å². The molecule has 3 aromatic carbocycles. The predicted molar refractivity (Wildman–Crippen MR) is 120 cm³/mol. The molecule has 156 valence electrons. The molecule has 0 aliphatic rings. The summed E-state index contributed by atoms with van der Waals surface area (Å²) < 4.78 is 5.99. The van der Waals surface area contributed by atoms with Crippen LogP contribution in [-0.2, 0) is 0 Å². The Kier molecular flexibility index (Phi) is 5.21. The molecule has 0 spiro atoms. The summed E-state index contributed by atoms with van der Waals surface area (Å²) >= 11 is 0. The van der Waals surface area contributed by atoms with E-state index in [9.17, 15) is 14.7 Å². The van der Waals surface area contributed by atoms with Gasteiger partial charge in [-0.3, -0.25) is 4.79 Å². The highest BCUT2D eigenvalue weighted by atomic mass is 16.5. The average molecular weight is 414 g/mol. The molecule has 1 heterocycles. The molecule has 1 aromatic heterocycles. The van der Waals surface area contributed by atoms with Crippen molar-refractivity contribution in [3.05, 3.63) is 83.6 Å². The quantitative estimate of drug-likeness (QED) is 0.462. The highest BCUT2D eigenvalue weighted by Gasteiger charge is 2.21. The number of fused-ring (bicyclic) bond motifs is 1. The maximum atomic E-state index is 12.2. The van der Waals surface area contributed by atoms with E-state index in [1.165, 1.54) is 4.90 Å². The summed E-state index contributed by atoms with van der Waals surface area (Å²) in [6, 6.07) is 20.1. The number of hydrogen-bond acceptors (Lipinski definition) is 3. The van der Waals surface area contributed by atoms with Crippen molar-refractivity contribution in [2.75, 3.05) is 14.1 Å².